The van der Waals surface area contributed by atoms with Crippen molar-refractivity contribution in [2.45, 2.75) is 12.5 Å². The summed E-state index contributed by atoms with van der Waals surface area (Å²) < 4.78 is 4.79. The lowest BCUT2D eigenvalue weighted by Crippen LogP contribution is -2.14. The number of carboxylic acids is 1. The molecule has 18 heavy (non-hydrogen) atoms. The van der Waals surface area contributed by atoms with Crippen LogP contribution in [0.1, 0.15) is 28.1 Å². The minimum Gasteiger partial charge on any atom is -0.475 e. The first kappa shape index (κ1) is 14.1. The standard InChI is InChI=1S/C11H11N3O3.ClH/c12-8(6-7-4-2-1-3-5-7)10-13-9(11(15)16)14-17-10;/h1-5,8H,6,12H2,(H,15,16);1H. The van der Waals surface area contributed by atoms with Gasteiger partial charge in [0.15, 0.2) is 0 Å². The molecule has 1 aromatic heterocycles. The van der Waals surface area contributed by atoms with E-state index < -0.39 is 12.0 Å². The third kappa shape index (κ3) is 3.28. The predicted octanol–water partition coefficient (Wildman–Crippen LogP) is 1.43. The van der Waals surface area contributed by atoms with Crippen molar-refractivity contribution in [3.05, 3.63) is 47.6 Å². The van der Waals surface area contributed by atoms with Gasteiger partial charge < -0.3 is 15.4 Å². The van der Waals surface area contributed by atoms with Crippen LogP contribution >= 0.6 is 12.4 Å². The van der Waals surface area contributed by atoms with E-state index in [1.165, 1.54) is 0 Å². The summed E-state index contributed by atoms with van der Waals surface area (Å²) in [4.78, 5) is 14.3. The van der Waals surface area contributed by atoms with Crippen LogP contribution in [0.5, 0.6) is 0 Å². The van der Waals surface area contributed by atoms with Gasteiger partial charge in [-0.25, -0.2) is 4.79 Å². The fourth-order valence-electron chi connectivity index (χ4n) is 1.43. The van der Waals surface area contributed by atoms with E-state index in [0.717, 1.165) is 5.56 Å². The Morgan fingerprint density at radius 3 is 2.61 bits per heavy atom. The first-order chi connectivity index (χ1) is 8.16. The fraction of sp³-hybridized carbons (Fsp3) is 0.182. The SMILES string of the molecule is Cl.NC(Cc1ccccc1)c1nc(C(=O)O)no1. The van der Waals surface area contributed by atoms with Crippen molar-refractivity contribution in [1.29, 1.82) is 0 Å². The Labute approximate surface area is 109 Å². The number of nitrogens with zero attached hydrogens (tertiary/aromatic N) is 2. The van der Waals surface area contributed by atoms with Gasteiger partial charge in [-0.15, -0.1) is 12.4 Å². The van der Waals surface area contributed by atoms with Gasteiger partial charge in [0, 0.05) is 0 Å². The maximum absolute atomic E-state index is 10.6. The van der Waals surface area contributed by atoms with E-state index in [0.29, 0.717) is 6.42 Å². The van der Waals surface area contributed by atoms with Crippen LogP contribution in [0, 0.1) is 0 Å². The molecule has 0 aliphatic carbocycles. The summed E-state index contributed by atoms with van der Waals surface area (Å²) in [6, 6.07) is 9.06. The van der Waals surface area contributed by atoms with Crippen LogP contribution in [-0.2, 0) is 6.42 Å². The fourth-order valence-corrected chi connectivity index (χ4v) is 1.43. The van der Waals surface area contributed by atoms with E-state index >= 15 is 0 Å². The van der Waals surface area contributed by atoms with E-state index in [4.69, 9.17) is 15.4 Å². The van der Waals surface area contributed by atoms with Crippen LogP contribution in [0.3, 0.4) is 0 Å². The van der Waals surface area contributed by atoms with Crippen molar-refractivity contribution in [3.8, 4) is 0 Å². The summed E-state index contributed by atoms with van der Waals surface area (Å²) in [6.45, 7) is 0. The zero-order valence-corrected chi connectivity index (χ0v) is 10.1. The Bertz CT molecular complexity index is 515. The summed E-state index contributed by atoms with van der Waals surface area (Å²) in [5.41, 5.74) is 6.87. The summed E-state index contributed by atoms with van der Waals surface area (Å²) in [5.74, 6) is -1.47. The van der Waals surface area contributed by atoms with Crippen molar-refractivity contribution < 1.29 is 14.4 Å². The van der Waals surface area contributed by atoms with E-state index in [1.807, 2.05) is 30.3 Å². The lowest BCUT2D eigenvalue weighted by molar-refractivity contribution is 0.0680. The summed E-state index contributed by atoms with van der Waals surface area (Å²) >= 11 is 0. The van der Waals surface area contributed by atoms with E-state index in [-0.39, 0.29) is 24.1 Å². The molecule has 0 fully saturated rings. The largest absolute Gasteiger partial charge is 0.475 e. The van der Waals surface area contributed by atoms with Gasteiger partial charge in [0.1, 0.15) is 0 Å². The zero-order chi connectivity index (χ0) is 12.3. The Kier molecular flexibility index (Phi) is 4.82. The second-order valence-corrected chi connectivity index (χ2v) is 3.56. The van der Waals surface area contributed by atoms with Gasteiger partial charge in [-0.1, -0.05) is 30.3 Å². The maximum atomic E-state index is 10.6. The quantitative estimate of drug-likeness (QED) is 0.870. The molecule has 0 bridgehead atoms. The molecular formula is C11H12ClN3O3. The Balaban J connectivity index is 0.00000162. The molecular weight excluding hydrogens is 258 g/mol. The van der Waals surface area contributed by atoms with Crippen LogP contribution in [0.15, 0.2) is 34.9 Å². The molecule has 3 N–H and O–H groups in total. The normalized spacial score (nSPS) is 11.6. The lowest BCUT2D eigenvalue weighted by Gasteiger charge is -2.05. The molecule has 0 saturated carbocycles. The number of hydrogen-bond donors (Lipinski definition) is 2. The molecule has 1 unspecified atom stereocenters. The Morgan fingerprint density at radius 1 is 1.39 bits per heavy atom. The first-order valence-electron chi connectivity index (χ1n) is 5.03. The summed E-state index contributed by atoms with van der Waals surface area (Å²) in [7, 11) is 0. The molecule has 1 atom stereocenters. The van der Waals surface area contributed by atoms with Gasteiger partial charge in [0.2, 0.25) is 5.89 Å². The molecule has 0 spiro atoms. The van der Waals surface area contributed by atoms with E-state index in [1.54, 1.807) is 0 Å². The van der Waals surface area contributed by atoms with Crippen LogP contribution < -0.4 is 5.73 Å². The maximum Gasteiger partial charge on any atom is 0.377 e. The second kappa shape index (κ2) is 6.13. The number of aromatic nitrogens is 2. The van der Waals surface area contributed by atoms with Gasteiger partial charge in [-0.2, -0.15) is 4.98 Å². The minimum atomic E-state index is -1.23. The second-order valence-electron chi connectivity index (χ2n) is 3.56. The number of halogens is 1. The van der Waals surface area contributed by atoms with Crippen LogP contribution in [0.25, 0.3) is 0 Å². The van der Waals surface area contributed by atoms with Crippen LogP contribution in [0.4, 0.5) is 0 Å². The van der Waals surface area contributed by atoms with Crippen LogP contribution in [-0.4, -0.2) is 21.2 Å². The average Bonchev–Trinajstić information content (AvgIpc) is 2.79. The van der Waals surface area contributed by atoms with Gasteiger partial charge >= 0.3 is 5.97 Å². The molecule has 6 nitrogen and oxygen atoms in total. The molecule has 0 saturated heterocycles. The van der Waals surface area contributed by atoms with Gasteiger partial charge in [0.25, 0.3) is 5.82 Å². The zero-order valence-electron chi connectivity index (χ0n) is 9.31. The number of carbonyl (C=O) groups is 1. The van der Waals surface area contributed by atoms with Crippen molar-refractivity contribution in [2.24, 2.45) is 5.73 Å². The molecule has 0 amide bonds. The predicted molar refractivity (Wildman–Crippen MR) is 65.6 cm³/mol. The Morgan fingerprint density at radius 2 is 2.06 bits per heavy atom. The smallest absolute Gasteiger partial charge is 0.377 e. The first-order valence-corrected chi connectivity index (χ1v) is 5.03. The molecule has 0 aliphatic rings. The van der Waals surface area contributed by atoms with Crippen molar-refractivity contribution in [1.82, 2.24) is 10.1 Å². The topological polar surface area (TPSA) is 102 Å². The molecule has 0 radical (unpaired) electrons. The number of rotatable bonds is 4. The van der Waals surface area contributed by atoms with E-state index in [2.05, 4.69) is 10.1 Å². The van der Waals surface area contributed by atoms with Crippen LogP contribution in [0.2, 0.25) is 0 Å². The van der Waals surface area contributed by atoms with Crippen molar-refractivity contribution in [2.75, 3.05) is 0 Å². The van der Waals surface area contributed by atoms with Gasteiger partial charge in [-0.05, 0) is 17.1 Å². The number of aromatic carboxylic acids is 1. The number of carboxylic acid groups (broad SMARTS) is 1. The Hall–Kier alpha value is -1.92. The molecule has 2 rings (SSSR count). The summed E-state index contributed by atoms with van der Waals surface area (Å²) in [5, 5.41) is 12.0. The average molecular weight is 270 g/mol. The highest BCUT2D eigenvalue weighted by atomic mass is 35.5. The van der Waals surface area contributed by atoms with Gasteiger partial charge in [0.05, 0.1) is 6.04 Å². The molecule has 0 aliphatic heterocycles. The highest BCUT2D eigenvalue weighted by Gasteiger charge is 2.18. The molecule has 2 aromatic rings. The molecule has 96 valence electrons. The molecule has 7 heteroatoms. The molecule has 1 heterocycles. The summed E-state index contributed by atoms with van der Waals surface area (Å²) in [6.07, 6.45) is 0.516. The van der Waals surface area contributed by atoms with E-state index in [9.17, 15) is 4.79 Å². The highest BCUT2D eigenvalue weighted by Crippen LogP contribution is 2.14. The monoisotopic (exact) mass is 269 g/mol. The third-order valence-corrected chi connectivity index (χ3v) is 2.25. The highest BCUT2D eigenvalue weighted by molar-refractivity contribution is 5.85. The number of benzene rings is 1. The van der Waals surface area contributed by atoms with Gasteiger partial charge in [-0.3, -0.25) is 0 Å². The minimum absolute atomic E-state index is 0. The third-order valence-electron chi connectivity index (χ3n) is 2.25. The lowest BCUT2D eigenvalue weighted by atomic mass is 10.1. The van der Waals surface area contributed by atoms with Crippen molar-refractivity contribution >= 4 is 18.4 Å². The van der Waals surface area contributed by atoms with Crippen molar-refractivity contribution in [3.63, 3.8) is 0 Å². The molecule has 1 aromatic carbocycles. The number of nitrogens with two attached hydrogens (primary N) is 1. The number of hydrogen-bond acceptors (Lipinski definition) is 5.